The van der Waals surface area contributed by atoms with E-state index in [2.05, 4.69) is 93.7 Å². The maximum atomic E-state index is 13.3. The number of aromatic nitrogens is 6. The van der Waals surface area contributed by atoms with Crippen LogP contribution in [-0.4, -0.2) is 139 Å². The minimum absolute atomic E-state index is 0.0663. The molecule has 0 saturated carbocycles. The molecule has 0 aliphatic carbocycles. The topological polar surface area (TPSA) is 248 Å². The van der Waals surface area contributed by atoms with E-state index >= 15 is 0 Å². The van der Waals surface area contributed by atoms with Crippen LogP contribution in [0.5, 0.6) is 34.5 Å². The van der Waals surface area contributed by atoms with E-state index in [0.717, 1.165) is 40.3 Å². The molecule has 2 aliphatic rings. The molecule has 23 heteroatoms. The van der Waals surface area contributed by atoms with Crippen LogP contribution in [0.4, 0.5) is 31.3 Å². The molecule has 3 amide bonds. The number of halogens is 1. The molecule has 0 bridgehead atoms. The van der Waals surface area contributed by atoms with Gasteiger partial charge < -0.3 is 59.3 Å². The van der Waals surface area contributed by atoms with Crippen molar-refractivity contribution in [3.63, 3.8) is 0 Å². The number of hydrogen-bond acceptors (Lipinski definition) is 16. The second kappa shape index (κ2) is 34.8. The molecule has 554 valence electrons. The highest BCUT2D eigenvalue weighted by molar-refractivity contribution is 6.04. The molecule has 4 N–H and O–H groups in total. The molecule has 0 spiro atoms. The Hall–Kier alpha value is -11.2. The van der Waals surface area contributed by atoms with Crippen molar-refractivity contribution in [3.05, 3.63) is 208 Å². The molecule has 10 aromatic rings. The molecule has 2 fully saturated rings. The molecule has 105 heavy (non-hydrogen) atoms. The Kier molecular flexibility index (Phi) is 25.3. The number of rotatable bonds is 19. The van der Waals surface area contributed by atoms with Crippen molar-refractivity contribution in [3.8, 4) is 34.5 Å². The number of carboxylic acid groups (broad SMARTS) is 1. The van der Waals surface area contributed by atoms with Gasteiger partial charge in [0.1, 0.15) is 56.5 Å². The first-order valence-electron chi connectivity index (χ1n) is 35.8. The van der Waals surface area contributed by atoms with E-state index in [9.17, 15) is 28.7 Å². The summed E-state index contributed by atoms with van der Waals surface area (Å²) in [5.41, 5.74) is 10.0. The van der Waals surface area contributed by atoms with Crippen LogP contribution in [0.25, 0.3) is 22.1 Å². The minimum atomic E-state index is -1.04. The fourth-order valence-corrected chi connectivity index (χ4v) is 12.4. The number of carbonyl (C=O) groups excluding carboxylic acids is 3. The summed E-state index contributed by atoms with van der Waals surface area (Å²) >= 11 is 0. The van der Waals surface area contributed by atoms with Gasteiger partial charge in [0.05, 0.1) is 41.4 Å². The van der Waals surface area contributed by atoms with Gasteiger partial charge in [-0.2, -0.15) is 10.2 Å². The van der Waals surface area contributed by atoms with E-state index < -0.39 is 24.3 Å². The molecule has 6 heterocycles. The van der Waals surface area contributed by atoms with Gasteiger partial charge in [0.2, 0.25) is 0 Å². The number of benzene rings is 6. The quantitative estimate of drug-likeness (QED) is 0.0587. The molecule has 2 atom stereocenters. The first-order valence-corrected chi connectivity index (χ1v) is 35.1. The Morgan fingerprint density at radius 2 is 1.00 bits per heavy atom. The standard InChI is InChI=1S/C40H46N6O5.C30H33N5O6.C11H16.CH3F/c1-25(2)33-16-13-29(21-26(33)3)43-38(47)28-9-8-10-32(22-28)50-34-17-19-41-37-35(34)36(44-46(37)23-27-11-14-31(49-7)15-12-27)42-30-18-20-45(24-30)39(48)51-40(4,5)6;1-30(2,3)41-29(38)34-15-13-21(18-34)32-26-25-24(40-23-7-5-6-20(16-23)28(36)37)12-14-31-27(25)35(33-26)17-19-8-10-22(39-4)11-9-19;1-8(2)11-6-5-9(3)7-10(11)4;1-2/h8-17,19,21-22,25,30H,18,20,23-24H2,1-7H3,(H,42,44)(H,43,47);5-12,14,16,21H,13,15,17-18H2,1-4H3,(H,32,33)(H,36,37);5-8H,1-4H3;1H3/t30-;21-;;/m11../s1/i;;;1D. The van der Waals surface area contributed by atoms with Crippen LogP contribution in [0.15, 0.2) is 158 Å². The number of pyridine rings is 2. The number of carboxylic acids is 1. The van der Waals surface area contributed by atoms with E-state index in [1.165, 1.54) is 34.4 Å². The van der Waals surface area contributed by atoms with Crippen LogP contribution in [-0.2, 0) is 22.6 Å². The number of aryl methyl sites for hydroxylation is 3. The van der Waals surface area contributed by atoms with Crippen molar-refractivity contribution in [1.29, 1.82) is 0 Å². The van der Waals surface area contributed by atoms with Gasteiger partial charge >= 0.3 is 18.2 Å². The van der Waals surface area contributed by atoms with E-state index in [1.807, 2.05) is 113 Å². The fraction of sp³-hybridized carbons (Fsp3) is 0.366. The normalized spacial score (nSPS) is 14.2. The van der Waals surface area contributed by atoms with Crippen molar-refractivity contribution in [2.75, 3.05) is 63.5 Å². The molecule has 6 aromatic carbocycles. The summed E-state index contributed by atoms with van der Waals surface area (Å²) in [6.07, 6.45) is 4.07. The van der Waals surface area contributed by atoms with Gasteiger partial charge in [-0.15, -0.1) is 0 Å². The number of hydrogen-bond donors (Lipinski definition) is 4. The van der Waals surface area contributed by atoms with E-state index in [0.29, 0.717) is 120 Å². The molecule has 2 saturated heterocycles. The number of anilines is 3. The lowest BCUT2D eigenvalue weighted by atomic mass is 9.97. The molecule has 0 unspecified atom stereocenters. The Morgan fingerprint density at radius 1 is 0.571 bits per heavy atom. The van der Waals surface area contributed by atoms with Crippen molar-refractivity contribution in [1.82, 2.24) is 39.3 Å². The highest BCUT2D eigenvalue weighted by atomic mass is 19.1. The maximum absolute atomic E-state index is 13.3. The minimum Gasteiger partial charge on any atom is -0.497 e. The second-order valence-corrected chi connectivity index (χ2v) is 28.6. The van der Waals surface area contributed by atoms with Gasteiger partial charge in [-0.25, -0.2) is 33.7 Å². The van der Waals surface area contributed by atoms with E-state index in [1.54, 1.807) is 83.6 Å². The molecule has 22 nitrogen and oxygen atoms in total. The van der Waals surface area contributed by atoms with Crippen LogP contribution < -0.4 is 34.9 Å². The van der Waals surface area contributed by atoms with Gasteiger partial charge in [-0.1, -0.05) is 93.9 Å². The Morgan fingerprint density at radius 3 is 1.41 bits per heavy atom. The maximum Gasteiger partial charge on any atom is 0.410 e. The number of nitrogens with one attached hydrogen (secondary N) is 3. The third kappa shape index (κ3) is 21.0. The number of methoxy groups -OCH3 is 2. The summed E-state index contributed by atoms with van der Waals surface area (Å²) < 4.78 is 53.6. The lowest BCUT2D eigenvalue weighted by molar-refractivity contribution is 0.0283. The average molecular weight is 1430 g/mol. The number of ether oxygens (including phenoxy) is 6. The molecular weight excluding hydrogens is 1330 g/mol. The highest BCUT2D eigenvalue weighted by Crippen LogP contribution is 2.38. The smallest absolute Gasteiger partial charge is 0.410 e. The number of aromatic carboxylic acids is 1. The summed E-state index contributed by atoms with van der Waals surface area (Å²) in [6.45, 7) is 29.2. The van der Waals surface area contributed by atoms with Gasteiger partial charge in [-0.05, 0) is 193 Å². The largest absolute Gasteiger partial charge is 0.497 e. The van der Waals surface area contributed by atoms with Gasteiger partial charge in [0.15, 0.2) is 22.9 Å². The first-order chi connectivity index (χ1) is 50.5. The molecule has 0 radical (unpaired) electrons. The summed E-state index contributed by atoms with van der Waals surface area (Å²) in [5.74, 6) is 4.33. The summed E-state index contributed by atoms with van der Waals surface area (Å²) in [4.78, 5) is 63.0. The number of likely N-dealkylation sites (tertiary alicyclic amines) is 2. The van der Waals surface area contributed by atoms with Crippen LogP contribution in [0, 0.1) is 20.8 Å². The fourth-order valence-electron chi connectivity index (χ4n) is 12.4. The van der Waals surface area contributed by atoms with Gasteiger partial charge in [0.25, 0.3) is 5.91 Å². The summed E-state index contributed by atoms with van der Waals surface area (Å²) in [5, 5.41) is 30.7. The lowest BCUT2D eigenvalue weighted by Gasteiger charge is -2.24. The Bertz CT molecular complexity index is 4670. The number of nitrogens with zero attached hydrogens (tertiary/aromatic N) is 8. The van der Waals surface area contributed by atoms with Gasteiger partial charge in [0, 0.05) is 74.0 Å². The zero-order chi connectivity index (χ0) is 76.6. The molecule has 4 aromatic heterocycles. The number of amides is 3. The Labute approximate surface area is 615 Å². The third-order valence-corrected chi connectivity index (χ3v) is 17.4. The second-order valence-electron chi connectivity index (χ2n) is 28.6. The number of alkyl halides is 1. The van der Waals surface area contributed by atoms with Crippen LogP contribution >= 0.6 is 0 Å². The summed E-state index contributed by atoms with van der Waals surface area (Å²) in [6, 6.07) is 45.0. The Balaban J connectivity index is 0.000000210. The van der Waals surface area contributed by atoms with Crippen molar-refractivity contribution in [2.45, 2.75) is 151 Å². The zero-order valence-corrected chi connectivity index (χ0v) is 62.7. The van der Waals surface area contributed by atoms with Crippen molar-refractivity contribution >= 4 is 63.5 Å². The molecular formula is C82H98FN11O11. The van der Waals surface area contributed by atoms with Crippen LogP contribution in [0.2, 0.25) is 0 Å². The van der Waals surface area contributed by atoms with E-state index in [4.69, 9.17) is 45.0 Å². The third-order valence-electron chi connectivity index (χ3n) is 17.4. The monoisotopic (exact) mass is 1430 g/mol. The average Bonchev–Trinajstić information content (AvgIpc) is 1.62. The predicted octanol–water partition coefficient (Wildman–Crippen LogP) is 17.8. The molecule has 12 rings (SSSR count). The lowest BCUT2D eigenvalue weighted by Crippen LogP contribution is -2.36. The van der Waals surface area contributed by atoms with Crippen molar-refractivity contribution < 1.29 is 58.5 Å². The number of fused-ring (bicyclic) bond motifs is 2. The van der Waals surface area contributed by atoms with Crippen LogP contribution in [0.3, 0.4) is 0 Å². The zero-order valence-electron chi connectivity index (χ0n) is 63.7. The van der Waals surface area contributed by atoms with E-state index in [-0.39, 0.29) is 35.7 Å². The van der Waals surface area contributed by atoms with Crippen molar-refractivity contribution in [2.24, 2.45) is 0 Å². The van der Waals surface area contributed by atoms with Gasteiger partial charge in [-0.3, -0.25) is 9.18 Å². The molecule has 2 aliphatic heterocycles. The highest BCUT2D eigenvalue weighted by Gasteiger charge is 2.33. The van der Waals surface area contributed by atoms with Crippen LogP contribution in [0.1, 0.15) is 155 Å². The predicted molar refractivity (Wildman–Crippen MR) is 409 cm³/mol. The summed E-state index contributed by atoms with van der Waals surface area (Å²) in [7, 11) is 2.26. The first kappa shape index (κ1) is 76.4. The SMILES string of the molecule is COc1ccc(Cn2nc(N[C@@H]3CCN(C(=O)OC(C)(C)C)C3)c3c(Oc4cccc(C(=O)Nc5ccc(C(C)C)c(C)c5)c4)ccnc32)cc1.COc1ccc(Cn2nc(N[C@@H]3CCN(C(=O)OC(C)(C)C)C3)c3c(Oc4cccc(C(=O)O)c4)ccnc32)cc1.Cc1ccc(C(C)C)c(C)c1.[2H]CF. The number of carbonyl (C=O) groups is 4.